The van der Waals surface area contributed by atoms with E-state index in [1.165, 1.54) is 0 Å². The molecule has 0 aliphatic heterocycles. The SMILES string of the molecule is CC(O)(CNC(=O)c1ccc(CCN)cc1)C(=O)O. The third-order valence-corrected chi connectivity index (χ3v) is 2.70. The van der Waals surface area contributed by atoms with E-state index in [1.54, 1.807) is 24.3 Å². The molecule has 0 heterocycles. The Balaban J connectivity index is 2.61. The molecule has 6 nitrogen and oxygen atoms in total. The largest absolute Gasteiger partial charge is 0.479 e. The molecule has 0 saturated carbocycles. The summed E-state index contributed by atoms with van der Waals surface area (Å²) in [4.78, 5) is 22.4. The maximum atomic E-state index is 11.7. The molecule has 6 heteroatoms. The zero-order chi connectivity index (χ0) is 14.5. The second-order valence-corrected chi connectivity index (χ2v) is 4.50. The van der Waals surface area contributed by atoms with Gasteiger partial charge in [-0.1, -0.05) is 12.1 Å². The van der Waals surface area contributed by atoms with Crippen LogP contribution in [-0.4, -0.2) is 40.8 Å². The number of carbonyl (C=O) groups is 2. The maximum absolute atomic E-state index is 11.7. The molecule has 1 atom stereocenters. The first kappa shape index (κ1) is 15.1. The van der Waals surface area contributed by atoms with Crippen molar-refractivity contribution in [2.24, 2.45) is 5.73 Å². The van der Waals surface area contributed by atoms with Gasteiger partial charge in [-0.05, 0) is 37.6 Å². The summed E-state index contributed by atoms with van der Waals surface area (Å²) in [6, 6.07) is 6.85. The molecule has 1 aromatic carbocycles. The summed E-state index contributed by atoms with van der Waals surface area (Å²) in [5.41, 5.74) is 4.87. The lowest BCUT2D eigenvalue weighted by Crippen LogP contribution is -2.46. The van der Waals surface area contributed by atoms with Crippen molar-refractivity contribution in [3.05, 3.63) is 35.4 Å². The van der Waals surface area contributed by atoms with Crippen molar-refractivity contribution in [2.45, 2.75) is 18.9 Å². The van der Waals surface area contributed by atoms with E-state index in [1.807, 2.05) is 0 Å². The molecule has 0 aliphatic carbocycles. The standard InChI is InChI=1S/C13H18N2O4/c1-13(19,12(17)18)8-15-11(16)10-4-2-9(3-5-10)6-7-14/h2-5,19H,6-8,14H2,1H3,(H,15,16)(H,17,18). The summed E-state index contributed by atoms with van der Waals surface area (Å²) < 4.78 is 0. The van der Waals surface area contributed by atoms with E-state index >= 15 is 0 Å². The monoisotopic (exact) mass is 266 g/mol. The molecule has 0 spiro atoms. The van der Waals surface area contributed by atoms with E-state index in [-0.39, 0.29) is 6.54 Å². The van der Waals surface area contributed by atoms with E-state index in [0.717, 1.165) is 18.9 Å². The molecule has 1 rings (SSSR count). The number of aliphatic carboxylic acids is 1. The number of hydrogen-bond donors (Lipinski definition) is 4. The molecule has 104 valence electrons. The Hall–Kier alpha value is -1.92. The van der Waals surface area contributed by atoms with Gasteiger partial charge in [-0.2, -0.15) is 0 Å². The summed E-state index contributed by atoms with van der Waals surface area (Å²) in [5, 5.41) is 20.6. The number of benzene rings is 1. The van der Waals surface area contributed by atoms with Gasteiger partial charge in [0.25, 0.3) is 5.91 Å². The molecule has 0 bridgehead atoms. The minimum Gasteiger partial charge on any atom is -0.479 e. The Morgan fingerprint density at radius 1 is 1.32 bits per heavy atom. The highest BCUT2D eigenvalue weighted by Crippen LogP contribution is 2.06. The topological polar surface area (TPSA) is 113 Å². The number of aliphatic hydroxyl groups is 1. The third kappa shape index (κ3) is 4.35. The summed E-state index contributed by atoms with van der Waals surface area (Å²) in [6.45, 7) is 1.30. The summed E-state index contributed by atoms with van der Waals surface area (Å²) in [7, 11) is 0. The van der Waals surface area contributed by atoms with Crippen LogP contribution in [0.4, 0.5) is 0 Å². The second-order valence-electron chi connectivity index (χ2n) is 4.50. The fourth-order valence-corrected chi connectivity index (χ4v) is 1.42. The Labute approximate surface area is 111 Å². The van der Waals surface area contributed by atoms with Gasteiger partial charge in [-0.3, -0.25) is 4.79 Å². The highest BCUT2D eigenvalue weighted by Gasteiger charge is 2.30. The van der Waals surface area contributed by atoms with Crippen LogP contribution in [0.25, 0.3) is 0 Å². The Kier molecular flexibility index (Phi) is 5.02. The summed E-state index contributed by atoms with van der Waals surface area (Å²) >= 11 is 0. The molecule has 0 radical (unpaired) electrons. The predicted molar refractivity (Wildman–Crippen MR) is 69.8 cm³/mol. The van der Waals surface area contributed by atoms with Crippen LogP contribution in [0.2, 0.25) is 0 Å². The van der Waals surface area contributed by atoms with Crippen LogP contribution in [0.1, 0.15) is 22.8 Å². The molecule has 0 aromatic heterocycles. The van der Waals surface area contributed by atoms with Gasteiger partial charge < -0.3 is 21.3 Å². The number of amides is 1. The molecule has 1 unspecified atom stereocenters. The van der Waals surface area contributed by atoms with Crippen molar-refractivity contribution >= 4 is 11.9 Å². The Morgan fingerprint density at radius 3 is 2.37 bits per heavy atom. The molecule has 0 aliphatic rings. The number of rotatable bonds is 6. The van der Waals surface area contributed by atoms with Gasteiger partial charge in [-0.25, -0.2) is 4.79 Å². The summed E-state index contributed by atoms with van der Waals surface area (Å²) in [6.07, 6.45) is 0.732. The average Bonchev–Trinajstić information content (AvgIpc) is 2.37. The van der Waals surface area contributed by atoms with Gasteiger partial charge >= 0.3 is 5.97 Å². The second kappa shape index (κ2) is 6.31. The zero-order valence-electron chi connectivity index (χ0n) is 10.7. The number of carboxylic acid groups (broad SMARTS) is 1. The van der Waals surface area contributed by atoms with Crippen LogP contribution in [0.5, 0.6) is 0 Å². The van der Waals surface area contributed by atoms with Gasteiger partial charge in [-0.15, -0.1) is 0 Å². The van der Waals surface area contributed by atoms with Gasteiger partial charge in [0.15, 0.2) is 5.60 Å². The molecular formula is C13H18N2O4. The lowest BCUT2D eigenvalue weighted by atomic mass is 10.1. The first-order chi connectivity index (χ1) is 8.86. The van der Waals surface area contributed by atoms with E-state index in [2.05, 4.69) is 5.32 Å². The number of carbonyl (C=O) groups excluding carboxylic acids is 1. The predicted octanol–water partition coefficient (Wildman–Crippen LogP) is -0.247. The molecular weight excluding hydrogens is 248 g/mol. The van der Waals surface area contributed by atoms with Gasteiger partial charge in [0.1, 0.15) is 0 Å². The van der Waals surface area contributed by atoms with Crippen molar-refractivity contribution in [2.75, 3.05) is 13.1 Å². The highest BCUT2D eigenvalue weighted by molar-refractivity contribution is 5.94. The van der Waals surface area contributed by atoms with Crippen LogP contribution >= 0.6 is 0 Å². The minimum atomic E-state index is -1.98. The van der Waals surface area contributed by atoms with Crippen LogP contribution in [0.15, 0.2) is 24.3 Å². The van der Waals surface area contributed by atoms with Crippen LogP contribution < -0.4 is 11.1 Å². The minimum absolute atomic E-state index is 0.355. The number of nitrogens with one attached hydrogen (secondary N) is 1. The third-order valence-electron chi connectivity index (χ3n) is 2.70. The average molecular weight is 266 g/mol. The van der Waals surface area contributed by atoms with Gasteiger partial charge in [0.2, 0.25) is 0 Å². The van der Waals surface area contributed by atoms with E-state index in [9.17, 15) is 14.7 Å². The molecule has 0 saturated heterocycles. The van der Waals surface area contributed by atoms with E-state index < -0.39 is 17.5 Å². The quantitative estimate of drug-likeness (QED) is 0.567. The lowest BCUT2D eigenvalue weighted by molar-refractivity contribution is -0.155. The van der Waals surface area contributed by atoms with Crippen molar-refractivity contribution in [3.63, 3.8) is 0 Å². The van der Waals surface area contributed by atoms with Gasteiger partial charge in [0.05, 0.1) is 6.54 Å². The van der Waals surface area contributed by atoms with Crippen LogP contribution in [0, 0.1) is 0 Å². The molecule has 1 amide bonds. The maximum Gasteiger partial charge on any atom is 0.337 e. The number of hydrogen-bond acceptors (Lipinski definition) is 4. The number of nitrogens with two attached hydrogens (primary N) is 1. The van der Waals surface area contributed by atoms with Crippen molar-refractivity contribution in [3.8, 4) is 0 Å². The Morgan fingerprint density at radius 2 is 1.89 bits per heavy atom. The van der Waals surface area contributed by atoms with E-state index in [0.29, 0.717) is 12.1 Å². The van der Waals surface area contributed by atoms with Crippen molar-refractivity contribution in [1.82, 2.24) is 5.32 Å². The normalized spacial score (nSPS) is 13.6. The summed E-state index contributed by atoms with van der Waals surface area (Å²) in [5.74, 6) is -1.81. The molecule has 1 aromatic rings. The highest BCUT2D eigenvalue weighted by atomic mass is 16.4. The number of carboxylic acids is 1. The first-order valence-electron chi connectivity index (χ1n) is 5.90. The smallest absolute Gasteiger partial charge is 0.337 e. The van der Waals surface area contributed by atoms with Crippen LogP contribution in [0.3, 0.4) is 0 Å². The van der Waals surface area contributed by atoms with Gasteiger partial charge in [0, 0.05) is 5.56 Å². The fourth-order valence-electron chi connectivity index (χ4n) is 1.42. The van der Waals surface area contributed by atoms with E-state index in [4.69, 9.17) is 10.8 Å². The first-order valence-corrected chi connectivity index (χ1v) is 5.90. The molecule has 5 N–H and O–H groups in total. The zero-order valence-corrected chi connectivity index (χ0v) is 10.7. The van der Waals surface area contributed by atoms with Crippen molar-refractivity contribution in [1.29, 1.82) is 0 Å². The van der Waals surface area contributed by atoms with Crippen molar-refractivity contribution < 1.29 is 19.8 Å². The Bertz CT molecular complexity index is 454. The molecule has 0 fully saturated rings. The lowest BCUT2D eigenvalue weighted by Gasteiger charge is -2.18. The van der Waals surface area contributed by atoms with Crippen LogP contribution in [-0.2, 0) is 11.2 Å². The molecule has 19 heavy (non-hydrogen) atoms. The fraction of sp³-hybridized carbons (Fsp3) is 0.385.